The number of aryl methyl sites for hydroxylation is 2. The van der Waals surface area contributed by atoms with E-state index in [0.29, 0.717) is 12.2 Å². The van der Waals surface area contributed by atoms with Gasteiger partial charge in [0.25, 0.3) is 5.91 Å². The second kappa shape index (κ2) is 4.99. The fourth-order valence-corrected chi connectivity index (χ4v) is 1.43. The maximum absolute atomic E-state index is 11.8. The average molecular weight is 333 g/mol. The summed E-state index contributed by atoms with van der Waals surface area (Å²) in [7, 11) is 1.76. The molecule has 88 valence electrons. The number of hydrogen-bond acceptors (Lipinski definition) is 2. The third-order valence-corrected chi connectivity index (χ3v) is 3.08. The van der Waals surface area contributed by atoms with Gasteiger partial charge in [0.2, 0.25) is 0 Å². The lowest BCUT2D eigenvalue weighted by Crippen LogP contribution is -2.35. The lowest BCUT2D eigenvalue weighted by molar-refractivity contribution is 0.0943. The first-order valence-electron chi connectivity index (χ1n) is 4.97. The van der Waals surface area contributed by atoms with Crippen LogP contribution >= 0.6 is 22.6 Å². The Morgan fingerprint density at radius 3 is 2.88 bits per heavy atom. The normalized spacial score (nSPS) is 14.2. The van der Waals surface area contributed by atoms with Crippen LogP contribution in [0.15, 0.2) is 18.7 Å². The molecule has 4 nitrogen and oxygen atoms in total. The predicted octanol–water partition coefficient (Wildman–Crippen LogP) is 1.84. The number of nitrogens with one attached hydrogen (secondary N) is 1. The van der Waals surface area contributed by atoms with E-state index in [2.05, 4.69) is 39.6 Å². The summed E-state index contributed by atoms with van der Waals surface area (Å²) in [5.41, 5.74) is 1.42. The largest absolute Gasteiger partial charge is 0.349 e. The van der Waals surface area contributed by atoms with E-state index >= 15 is 0 Å². The fraction of sp³-hybridized carbons (Fsp3) is 0.455. The van der Waals surface area contributed by atoms with Gasteiger partial charge in [-0.15, -0.1) is 6.58 Å². The molecule has 0 radical (unpaired) electrons. The zero-order valence-corrected chi connectivity index (χ0v) is 11.9. The number of halogens is 1. The third-order valence-electron chi connectivity index (χ3n) is 2.25. The first kappa shape index (κ1) is 13.2. The third kappa shape index (κ3) is 3.33. The van der Waals surface area contributed by atoms with Crippen LogP contribution in [-0.4, -0.2) is 25.7 Å². The highest BCUT2D eigenvalue weighted by atomic mass is 127. The van der Waals surface area contributed by atoms with E-state index in [-0.39, 0.29) is 9.33 Å². The molecule has 1 atom stereocenters. The number of hydrogen-bond donors (Lipinski definition) is 1. The number of rotatable bonds is 4. The minimum Gasteiger partial charge on any atom is -0.349 e. The Morgan fingerprint density at radius 2 is 2.44 bits per heavy atom. The summed E-state index contributed by atoms with van der Waals surface area (Å²) in [4.78, 5) is 11.8. The van der Waals surface area contributed by atoms with Gasteiger partial charge in [0.1, 0.15) is 5.69 Å². The van der Waals surface area contributed by atoms with Crippen molar-refractivity contribution in [1.82, 2.24) is 15.1 Å². The topological polar surface area (TPSA) is 46.9 Å². The molecule has 16 heavy (non-hydrogen) atoms. The van der Waals surface area contributed by atoms with Crippen molar-refractivity contribution in [2.75, 3.05) is 6.54 Å². The molecule has 0 aliphatic carbocycles. The molecule has 0 saturated carbocycles. The second-order valence-corrected chi connectivity index (χ2v) is 6.42. The van der Waals surface area contributed by atoms with Crippen LogP contribution in [0.4, 0.5) is 0 Å². The van der Waals surface area contributed by atoms with Gasteiger partial charge in [0, 0.05) is 13.6 Å². The molecule has 0 spiro atoms. The number of nitrogens with zero attached hydrogens (tertiary/aromatic N) is 2. The Morgan fingerprint density at radius 1 is 1.81 bits per heavy atom. The number of carbonyl (C=O) groups is 1. The van der Waals surface area contributed by atoms with Gasteiger partial charge in [-0.25, -0.2) is 0 Å². The zero-order chi connectivity index (χ0) is 12.3. The van der Waals surface area contributed by atoms with Gasteiger partial charge in [-0.1, -0.05) is 28.7 Å². The van der Waals surface area contributed by atoms with Crippen LogP contribution in [0.5, 0.6) is 0 Å². The molecule has 0 fully saturated rings. The monoisotopic (exact) mass is 333 g/mol. The van der Waals surface area contributed by atoms with E-state index in [1.807, 2.05) is 19.9 Å². The smallest absolute Gasteiger partial charge is 0.269 e. The van der Waals surface area contributed by atoms with E-state index < -0.39 is 0 Å². The molecule has 0 aromatic carbocycles. The van der Waals surface area contributed by atoms with Crippen molar-refractivity contribution in [3.63, 3.8) is 0 Å². The molecule has 1 rings (SSSR count). The van der Waals surface area contributed by atoms with Crippen LogP contribution in [0, 0.1) is 6.92 Å². The minimum absolute atomic E-state index is 0.104. The van der Waals surface area contributed by atoms with Crippen molar-refractivity contribution in [3.8, 4) is 0 Å². The van der Waals surface area contributed by atoms with Crippen molar-refractivity contribution in [2.24, 2.45) is 7.05 Å². The molecule has 1 unspecified atom stereocenters. The summed E-state index contributed by atoms with van der Waals surface area (Å²) < 4.78 is 1.46. The van der Waals surface area contributed by atoms with Crippen LogP contribution in [0.3, 0.4) is 0 Å². The zero-order valence-electron chi connectivity index (χ0n) is 9.75. The number of alkyl halides is 1. The maximum Gasteiger partial charge on any atom is 0.269 e. The van der Waals surface area contributed by atoms with Crippen molar-refractivity contribution in [1.29, 1.82) is 0 Å². The Balaban J connectivity index is 2.67. The van der Waals surface area contributed by atoms with E-state index in [9.17, 15) is 4.79 Å². The first-order chi connectivity index (χ1) is 7.35. The lowest BCUT2D eigenvalue weighted by Gasteiger charge is -2.17. The van der Waals surface area contributed by atoms with Gasteiger partial charge < -0.3 is 5.32 Å². The SMILES string of the molecule is C=CC(C)(I)CNC(=O)c1cc(C)nn1C. The summed E-state index contributed by atoms with van der Waals surface area (Å²) in [5.74, 6) is -0.104. The van der Waals surface area contributed by atoms with E-state index in [0.717, 1.165) is 5.69 Å². The van der Waals surface area contributed by atoms with E-state index in [4.69, 9.17) is 0 Å². The summed E-state index contributed by atoms with van der Waals surface area (Å²) in [6, 6.07) is 1.77. The van der Waals surface area contributed by atoms with Crippen molar-refractivity contribution in [2.45, 2.75) is 17.3 Å². The second-order valence-electron chi connectivity index (χ2n) is 3.96. The van der Waals surface area contributed by atoms with Crippen molar-refractivity contribution in [3.05, 3.63) is 30.1 Å². The summed E-state index contributed by atoms with van der Waals surface area (Å²) in [6.07, 6.45) is 1.82. The van der Waals surface area contributed by atoms with Gasteiger partial charge in [-0.05, 0) is 19.9 Å². The van der Waals surface area contributed by atoms with Crippen molar-refractivity contribution < 1.29 is 4.79 Å². The van der Waals surface area contributed by atoms with Crippen LogP contribution in [-0.2, 0) is 7.05 Å². The van der Waals surface area contributed by atoms with Crippen LogP contribution < -0.4 is 5.32 Å². The fourth-order valence-electron chi connectivity index (χ4n) is 1.24. The molecule has 1 N–H and O–H groups in total. The molecule has 1 heterocycles. The van der Waals surface area contributed by atoms with Crippen LogP contribution in [0.1, 0.15) is 23.1 Å². The Hall–Kier alpha value is -0.850. The number of aromatic nitrogens is 2. The molecule has 5 heteroatoms. The molecule has 0 saturated heterocycles. The number of amides is 1. The molecule has 0 bridgehead atoms. The quantitative estimate of drug-likeness (QED) is 0.519. The average Bonchev–Trinajstić information content (AvgIpc) is 2.54. The van der Waals surface area contributed by atoms with Crippen LogP contribution in [0.2, 0.25) is 0 Å². The first-order valence-corrected chi connectivity index (χ1v) is 6.05. The summed E-state index contributed by atoms with van der Waals surface area (Å²) >= 11 is 2.25. The van der Waals surface area contributed by atoms with Gasteiger partial charge in [0.05, 0.1) is 9.12 Å². The van der Waals surface area contributed by atoms with Gasteiger partial charge in [0.15, 0.2) is 0 Å². The van der Waals surface area contributed by atoms with E-state index in [1.54, 1.807) is 17.8 Å². The molecule has 0 aliphatic heterocycles. The standard InChI is InChI=1S/C11H16IN3O/c1-5-11(3,12)7-13-10(16)9-6-8(2)14-15(9)4/h5-6H,1,7H2,2-4H3,(H,13,16). The molecular formula is C11H16IN3O. The highest BCUT2D eigenvalue weighted by molar-refractivity contribution is 14.1. The van der Waals surface area contributed by atoms with Gasteiger partial charge in [-0.3, -0.25) is 9.48 Å². The summed E-state index contributed by atoms with van der Waals surface area (Å²) in [5, 5.41) is 7.00. The minimum atomic E-state index is -0.124. The molecule has 1 aromatic heterocycles. The van der Waals surface area contributed by atoms with Crippen LogP contribution in [0.25, 0.3) is 0 Å². The highest BCUT2D eigenvalue weighted by Gasteiger charge is 2.18. The molecule has 1 amide bonds. The Bertz CT molecular complexity index is 409. The number of carbonyl (C=O) groups excluding carboxylic acids is 1. The van der Waals surface area contributed by atoms with E-state index in [1.165, 1.54) is 0 Å². The van der Waals surface area contributed by atoms with Crippen molar-refractivity contribution >= 4 is 28.5 Å². The molecule has 1 aromatic rings. The predicted molar refractivity (Wildman–Crippen MR) is 72.9 cm³/mol. The van der Waals surface area contributed by atoms with Gasteiger partial charge in [-0.2, -0.15) is 5.10 Å². The Kier molecular flexibility index (Phi) is 4.12. The maximum atomic E-state index is 11.8. The highest BCUT2D eigenvalue weighted by Crippen LogP contribution is 2.17. The summed E-state index contributed by atoms with van der Waals surface area (Å²) in [6.45, 7) is 8.16. The lowest BCUT2D eigenvalue weighted by atomic mass is 10.2. The van der Waals surface area contributed by atoms with Gasteiger partial charge >= 0.3 is 0 Å². The molecule has 0 aliphatic rings. The molecular weight excluding hydrogens is 317 g/mol. The Labute approximate surface area is 109 Å².